The maximum atomic E-state index is 11.8. The van der Waals surface area contributed by atoms with E-state index < -0.39 is 0 Å². The minimum absolute atomic E-state index is 0.176. The van der Waals surface area contributed by atoms with Gasteiger partial charge in [-0.05, 0) is 24.3 Å². The molecule has 3 rings (SSSR count). The molecule has 5 nitrogen and oxygen atoms in total. The van der Waals surface area contributed by atoms with Gasteiger partial charge < -0.3 is 19.5 Å². The predicted molar refractivity (Wildman–Crippen MR) is 111 cm³/mol. The first-order valence-corrected chi connectivity index (χ1v) is 9.62. The molecule has 7 heteroatoms. The molecule has 1 aliphatic heterocycles. The van der Waals surface area contributed by atoms with E-state index in [-0.39, 0.29) is 5.91 Å². The van der Waals surface area contributed by atoms with Crippen molar-refractivity contribution in [3.8, 4) is 17.2 Å². The number of para-hydroxylation sites is 3. The number of ether oxygens (including phenoxy) is 3. The summed E-state index contributed by atoms with van der Waals surface area (Å²) in [6.07, 6.45) is 2.50. The zero-order valence-corrected chi connectivity index (χ0v) is 16.4. The Morgan fingerprint density at radius 1 is 1.00 bits per heavy atom. The number of methoxy groups -OCH3 is 1. The van der Waals surface area contributed by atoms with E-state index in [0.717, 1.165) is 5.56 Å². The summed E-state index contributed by atoms with van der Waals surface area (Å²) in [5.74, 6) is 1.96. The van der Waals surface area contributed by atoms with E-state index >= 15 is 0 Å². The molecular weight excluding hydrogens is 382 g/mol. The molecule has 2 aromatic rings. The van der Waals surface area contributed by atoms with Crippen LogP contribution in [0.4, 0.5) is 0 Å². The van der Waals surface area contributed by atoms with Crippen LogP contribution < -0.4 is 19.5 Å². The van der Waals surface area contributed by atoms with Crippen LogP contribution >= 0.6 is 24.0 Å². The van der Waals surface area contributed by atoms with Crippen molar-refractivity contribution in [2.24, 2.45) is 0 Å². The lowest BCUT2D eigenvalue weighted by Gasteiger charge is -2.12. The van der Waals surface area contributed by atoms with Crippen LogP contribution in [0.5, 0.6) is 17.2 Å². The average Bonchev–Trinajstić information content (AvgIpc) is 3.00. The van der Waals surface area contributed by atoms with Crippen molar-refractivity contribution in [2.45, 2.75) is 6.42 Å². The average molecular weight is 402 g/mol. The number of amides is 1. The van der Waals surface area contributed by atoms with Crippen molar-refractivity contribution in [1.29, 1.82) is 0 Å². The zero-order valence-electron chi connectivity index (χ0n) is 14.8. The summed E-state index contributed by atoms with van der Waals surface area (Å²) in [6.45, 7) is 1.00. The van der Waals surface area contributed by atoms with Gasteiger partial charge in [-0.3, -0.25) is 4.79 Å². The number of carbonyl (C=O) groups is 1. The number of carbonyl (C=O) groups excluding carboxylic acids is 1. The number of thioether (sulfide) groups is 1. The fourth-order valence-electron chi connectivity index (χ4n) is 2.45. The van der Waals surface area contributed by atoms with Crippen molar-refractivity contribution < 1.29 is 19.0 Å². The van der Waals surface area contributed by atoms with Gasteiger partial charge in [-0.1, -0.05) is 54.3 Å². The first-order chi connectivity index (χ1) is 13.2. The maximum absolute atomic E-state index is 11.8. The molecule has 2 aromatic carbocycles. The second-order valence-corrected chi connectivity index (χ2v) is 7.31. The molecule has 27 heavy (non-hydrogen) atoms. The summed E-state index contributed by atoms with van der Waals surface area (Å²) in [5.41, 5.74) is 0.838. The quantitative estimate of drug-likeness (QED) is 0.409. The molecule has 140 valence electrons. The van der Waals surface area contributed by atoms with Gasteiger partial charge in [0, 0.05) is 12.0 Å². The molecule has 1 aliphatic rings. The maximum Gasteiger partial charge on any atom is 0.263 e. The van der Waals surface area contributed by atoms with Gasteiger partial charge in [-0.2, -0.15) is 0 Å². The molecule has 1 fully saturated rings. The van der Waals surface area contributed by atoms with Crippen LogP contribution in [0, 0.1) is 0 Å². The summed E-state index contributed by atoms with van der Waals surface area (Å²) in [7, 11) is 1.62. The fraction of sp³-hybridized carbons (Fsp3) is 0.200. The third-order valence-corrected chi connectivity index (χ3v) is 4.88. The van der Waals surface area contributed by atoms with Gasteiger partial charge in [0.25, 0.3) is 5.91 Å². The van der Waals surface area contributed by atoms with E-state index in [1.54, 1.807) is 13.2 Å². The first kappa shape index (κ1) is 19.3. The van der Waals surface area contributed by atoms with E-state index in [1.165, 1.54) is 11.8 Å². The Bertz CT molecular complexity index is 867. The highest BCUT2D eigenvalue weighted by Crippen LogP contribution is 2.29. The van der Waals surface area contributed by atoms with Gasteiger partial charge >= 0.3 is 0 Å². The SMILES string of the molecule is COc1ccccc1OCCCOc1ccccc1/C=C1/SC(=S)NC1=O. The molecule has 0 unspecified atom stereocenters. The highest BCUT2D eigenvalue weighted by Gasteiger charge is 2.22. The molecule has 1 saturated heterocycles. The van der Waals surface area contributed by atoms with Gasteiger partial charge in [0.15, 0.2) is 11.5 Å². The summed E-state index contributed by atoms with van der Waals surface area (Å²) >= 11 is 6.27. The first-order valence-electron chi connectivity index (χ1n) is 8.40. The Hall–Kier alpha value is -2.51. The van der Waals surface area contributed by atoms with Crippen molar-refractivity contribution in [1.82, 2.24) is 5.32 Å². The molecule has 1 heterocycles. The van der Waals surface area contributed by atoms with Gasteiger partial charge in [-0.15, -0.1) is 0 Å². The second-order valence-electron chi connectivity index (χ2n) is 5.59. The molecule has 0 spiro atoms. The monoisotopic (exact) mass is 401 g/mol. The van der Waals surface area contributed by atoms with Crippen LogP contribution in [0.3, 0.4) is 0 Å². The number of thiocarbonyl (C=S) groups is 1. The van der Waals surface area contributed by atoms with E-state index in [4.69, 9.17) is 26.4 Å². The number of benzene rings is 2. The molecule has 0 radical (unpaired) electrons. The smallest absolute Gasteiger partial charge is 0.263 e. The van der Waals surface area contributed by atoms with Crippen molar-refractivity contribution in [2.75, 3.05) is 20.3 Å². The highest BCUT2D eigenvalue weighted by molar-refractivity contribution is 8.26. The molecule has 1 amide bonds. The van der Waals surface area contributed by atoms with E-state index in [0.29, 0.717) is 46.1 Å². The Kier molecular flexibility index (Phi) is 6.73. The van der Waals surface area contributed by atoms with Gasteiger partial charge in [0.2, 0.25) is 0 Å². The molecule has 1 N–H and O–H groups in total. The van der Waals surface area contributed by atoms with Gasteiger partial charge in [0.1, 0.15) is 10.1 Å². The van der Waals surface area contributed by atoms with Crippen LogP contribution in [0.1, 0.15) is 12.0 Å². The van der Waals surface area contributed by atoms with Gasteiger partial charge in [-0.25, -0.2) is 0 Å². The summed E-state index contributed by atoms with van der Waals surface area (Å²) in [4.78, 5) is 12.4. The lowest BCUT2D eigenvalue weighted by atomic mass is 10.2. The second kappa shape index (κ2) is 9.43. The topological polar surface area (TPSA) is 56.8 Å². The van der Waals surface area contributed by atoms with Gasteiger partial charge in [0.05, 0.1) is 25.2 Å². The van der Waals surface area contributed by atoms with Crippen LogP contribution in [0.25, 0.3) is 6.08 Å². The van der Waals surface area contributed by atoms with Crippen LogP contribution in [0.15, 0.2) is 53.4 Å². The molecule has 0 atom stereocenters. The zero-order chi connectivity index (χ0) is 19.1. The highest BCUT2D eigenvalue weighted by atomic mass is 32.2. The molecule has 0 bridgehead atoms. The van der Waals surface area contributed by atoms with E-state index in [9.17, 15) is 4.79 Å². The number of nitrogens with one attached hydrogen (secondary N) is 1. The Morgan fingerprint density at radius 2 is 1.63 bits per heavy atom. The summed E-state index contributed by atoms with van der Waals surface area (Å²) in [6, 6.07) is 15.1. The lowest BCUT2D eigenvalue weighted by molar-refractivity contribution is -0.115. The standard InChI is InChI=1S/C20H19NO4S2/c1-23-16-9-4-5-10-17(16)25-12-6-11-24-15-8-3-2-7-14(15)13-18-19(22)21-20(26)27-18/h2-5,7-10,13H,6,11-12H2,1H3,(H,21,22,26)/b18-13+. The van der Waals surface area contributed by atoms with Crippen LogP contribution in [-0.4, -0.2) is 30.6 Å². The van der Waals surface area contributed by atoms with E-state index in [2.05, 4.69) is 5.32 Å². The van der Waals surface area contributed by atoms with Crippen LogP contribution in [0.2, 0.25) is 0 Å². The third-order valence-electron chi connectivity index (χ3n) is 3.72. The predicted octanol–water partition coefficient (Wildman–Crippen LogP) is 4.03. The van der Waals surface area contributed by atoms with Crippen molar-refractivity contribution in [3.63, 3.8) is 0 Å². The molecule has 0 aliphatic carbocycles. The summed E-state index contributed by atoms with van der Waals surface area (Å²) in [5, 5.41) is 2.61. The lowest BCUT2D eigenvalue weighted by Crippen LogP contribution is -2.17. The Morgan fingerprint density at radius 3 is 2.30 bits per heavy atom. The minimum Gasteiger partial charge on any atom is -0.493 e. The Labute approximate surface area is 167 Å². The van der Waals surface area contributed by atoms with Crippen molar-refractivity contribution in [3.05, 3.63) is 59.0 Å². The van der Waals surface area contributed by atoms with Crippen LogP contribution in [-0.2, 0) is 4.79 Å². The molecule has 0 aromatic heterocycles. The summed E-state index contributed by atoms with van der Waals surface area (Å²) < 4.78 is 17.3. The fourth-order valence-corrected chi connectivity index (χ4v) is 3.49. The van der Waals surface area contributed by atoms with E-state index in [1.807, 2.05) is 48.5 Å². The third kappa shape index (κ3) is 5.24. The largest absolute Gasteiger partial charge is 0.493 e. The number of rotatable bonds is 8. The Balaban J connectivity index is 1.54. The minimum atomic E-state index is -0.176. The molecule has 0 saturated carbocycles. The number of hydrogen-bond acceptors (Lipinski definition) is 6. The van der Waals surface area contributed by atoms with Crippen molar-refractivity contribution >= 4 is 40.3 Å². The molecular formula is C20H19NO4S2. The normalized spacial score (nSPS) is 14.9. The number of hydrogen-bond donors (Lipinski definition) is 1.